The maximum absolute atomic E-state index is 12.2. The lowest BCUT2D eigenvalue weighted by Crippen LogP contribution is -2.14. The molecule has 0 radical (unpaired) electrons. The molecule has 0 saturated heterocycles. The quantitative estimate of drug-likeness (QED) is 0.365. The molecule has 0 fully saturated rings. The first kappa shape index (κ1) is 18.8. The maximum Gasteiger partial charge on any atom is 0.224 e. The molecule has 0 bridgehead atoms. The summed E-state index contributed by atoms with van der Waals surface area (Å²) in [4.78, 5) is 23.8. The van der Waals surface area contributed by atoms with Crippen LogP contribution < -0.4 is 5.32 Å². The molecule has 8 heteroatoms. The van der Waals surface area contributed by atoms with E-state index in [1.807, 2.05) is 30.3 Å². The standard InChI is InChI=1S/C19H19N5O2S/c1-14(25)16-10-5-6-11-17(16)20-18(26)12-7-13-27-19-21-22-23-24(19)15-8-3-2-4-9-15/h2-6,8-11H,7,12-13H2,1H3,(H,20,26). The third-order valence-electron chi connectivity index (χ3n) is 3.80. The Bertz CT molecular complexity index is 927. The van der Waals surface area contributed by atoms with Crippen molar-refractivity contribution in [3.8, 4) is 5.69 Å². The number of para-hydroxylation sites is 2. The number of nitrogens with one attached hydrogen (secondary N) is 1. The highest BCUT2D eigenvalue weighted by Gasteiger charge is 2.11. The molecule has 0 unspecified atom stereocenters. The molecule has 27 heavy (non-hydrogen) atoms. The van der Waals surface area contributed by atoms with Gasteiger partial charge in [-0.15, -0.1) is 5.10 Å². The number of anilines is 1. The first-order valence-electron chi connectivity index (χ1n) is 8.51. The number of carbonyl (C=O) groups is 2. The molecule has 0 spiro atoms. The van der Waals surface area contributed by atoms with Gasteiger partial charge in [-0.25, -0.2) is 0 Å². The third kappa shape index (κ3) is 5.01. The van der Waals surface area contributed by atoms with E-state index >= 15 is 0 Å². The van der Waals surface area contributed by atoms with Crippen molar-refractivity contribution >= 4 is 29.1 Å². The van der Waals surface area contributed by atoms with Gasteiger partial charge in [-0.05, 0) is 48.0 Å². The lowest BCUT2D eigenvalue weighted by atomic mass is 10.1. The van der Waals surface area contributed by atoms with Crippen molar-refractivity contribution in [3.63, 3.8) is 0 Å². The van der Waals surface area contributed by atoms with E-state index in [9.17, 15) is 9.59 Å². The van der Waals surface area contributed by atoms with Gasteiger partial charge in [-0.2, -0.15) is 4.68 Å². The summed E-state index contributed by atoms with van der Waals surface area (Å²) in [5, 5.41) is 15.3. The lowest BCUT2D eigenvalue weighted by molar-refractivity contribution is -0.116. The molecule has 0 aliphatic rings. The number of hydrogen-bond donors (Lipinski definition) is 1. The van der Waals surface area contributed by atoms with Crippen LogP contribution in [0.15, 0.2) is 59.8 Å². The SMILES string of the molecule is CC(=O)c1ccccc1NC(=O)CCCSc1nnnn1-c1ccccc1. The summed E-state index contributed by atoms with van der Waals surface area (Å²) < 4.78 is 1.67. The van der Waals surface area contributed by atoms with Gasteiger partial charge < -0.3 is 5.32 Å². The number of thioether (sulfide) groups is 1. The number of aromatic nitrogens is 4. The highest BCUT2D eigenvalue weighted by atomic mass is 32.2. The summed E-state index contributed by atoms with van der Waals surface area (Å²) in [6.07, 6.45) is 1.02. The van der Waals surface area contributed by atoms with Crippen molar-refractivity contribution in [3.05, 3.63) is 60.2 Å². The Morgan fingerprint density at radius 1 is 1.07 bits per heavy atom. The van der Waals surface area contributed by atoms with Crippen molar-refractivity contribution < 1.29 is 9.59 Å². The average molecular weight is 381 g/mol. The number of nitrogens with zero attached hydrogens (tertiary/aromatic N) is 4. The second kappa shape index (κ2) is 9.09. The largest absolute Gasteiger partial charge is 0.325 e. The summed E-state index contributed by atoms with van der Waals surface area (Å²) >= 11 is 1.50. The first-order valence-corrected chi connectivity index (χ1v) is 9.50. The van der Waals surface area contributed by atoms with Crippen LogP contribution in [0, 0.1) is 0 Å². The zero-order valence-corrected chi connectivity index (χ0v) is 15.6. The summed E-state index contributed by atoms with van der Waals surface area (Å²) in [6, 6.07) is 16.7. The van der Waals surface area contributed by atoms with E-state index in [1.165, 1.54) is 18.7 Å². The van der Waals surface area contributed by atoms with Crippen LogP contribution in [0.4, 0.5) is 5.69 Å². The molecule has 0 aliphatic carbocycles. The maximum atomic E-state index is 12.2. The van der Waals surface area contributed by atoms with E-state index in [-0.39, 0.29) is 11.7 Å². The van der Waals surface area contributed by atoms with E-state index in [0.717, 1.165) is 5.69 Å². The molecule has 0 aliphatic heterocycles. The Morgan fingerprint density at radius 2 is 1.81 bits per heavy atom. The van der Waals surface area contributed by atoms with Gasteiger partial charge in [0.15, 0.2) is 5.78 Å². The van der Waals surface area contributed by atoms with E-state index in [1.54, 1.807) is 28.9 Å². The van der Waals surface area contributed by atoms with Crippen molar-refractivity contribution in [2.24, 2.45) is 0 Å². The number of Topliss-reactive ketones (excluding diaryl/α,β-unsaturated/α-hetero) is 1. The van der Waals surface area contributed by atoms with Crippen molar-refractivity contribution in [1.29, 1.82) is 0 Å². The van der Waals surface area contributed by atoms with E-state index in [4.69, 9.17) is 0 Å². The Labute approximate surface area is 161 Å². The molecule has 1 N–H and O–H groups in total. The fraction of sp³-hybridized carbons (Fsp3) is 0.211. The molecular formula is C19H19N5O2S. The van der Waals surface area contributed by atoms with Crippen LogP contribution >= 0.6 is 11.8 Å². The molecule has 1 amide bonds. The third-order valence-corrected chi connectivity index (χ3v) is 4.81. The molecule has 3 aromatic rings. The summed E-state index contributed by atoms with van der Waals surface area (Å²) in [5.41, 5.74) is 1.96. The fourth-order valence-corrected chi connectivity index (χ4v) is 3.34. The number of rotatable bonds is 8. The molecule has 0 saturated carbocycles. The van der Waals surface area contributed by atoms with E-state index < -0.39 is 0 Å². The molecule has 138 valence electrons. The van der Waals surface area contributed by atoms with Crippen LogP contribution in [0.1, 0.15) is 30.1 Å². The van der Waals surface area contributed by atoms with Crippen LogP contribution in [0.3, 0.4) is 0 Å². The Hall–Kier alpha value is -3.00. The smallest absolute Gasteiger partial charge is 0.224 e. The van der Waals surface area contributed by atoms with Gasteiger partial charge in [0.05, 0.1) is 11.4 Å². The van der Waals surface area contributed by atoms with Gasteiger partial charge in [0.25, 0.3) is 0 Å². The van der Waals surface area contributed by atoms with Gasteiger partial charge in [0.2, 0.25) is 11.1 Å². The number of ketones is 1. The van der Waals surface area contributed by atoms with Gasteiger partial charge in [-0.3, -0.25) is 9.59 Å². The Kier molecular flexibility index (Phi) is 6.32. The molecule has 7 nitrogen and oxygen atoms in total. The predicted molar refractivity (Wildman–Crippen MR) is 104 cm³/mol. The fourth-order valence-electron chi connectivity index (χ4n) is 2.51. The van der Waals surface area contributed by atoms with Crippen molar-refractivity contribution in [2.75, 3.05) is 11.1 Å². The summed E-state index contributed by atoms with van der Waals surface area (Å²) in [7, 11) is 0. The van der Waals surface area contributed by atoms with Crippen LogP contribution in [-0.4, -0.2) is 37.7 Å². The number of tetrazole rings is 1. The predicted octanol–water partition coefficient (Wildman–Crippen LogP) is 3.38. The molecule has 3 rings (SSSR count). The summed E-state index contributed by atoms with van der Waals surface area (Å²) in [5.74, 6) is 0.510. The van der Waals surface area contributed by atoms with E-state index in [2.05, 4.69) is 20.8 Å². The van der Waals surface area contributed by atoms with Crippen molar-refractivity contribution in [1.82, 2.24) is 20.2 Å². The minimum atomic E-state index is -0.119. The highest BCUT2D eigenvalue weighted by Crippen LogP contribution is 2.20. The minimum absolute atomic E-state index is 0.0748. The lowest BCUT2D eigenvalue weighted by Gasteiger charge is -2.09. The average Bonchev–Trinajstić information content (AvgIpc) is 3.15. The van der Waals surface area contributed by atoms with Crippen LogP contribution in [-0.2, 0) is 4.79 Å². The normalized spacial score (nSPS) is 10.6. The monoisotopic (exact) mass is 381 g/mol. The molecule has 2 aromatic carbocycles. The topological polar surface area (TPSA) is 89.8 Å². The van der Waals surface area contributed by atoms with Gasteiger partial charge in [0, 0.05) is 17.7 Å². The first-order chi connectivity index (χ1) is 13.1. The molecule has 1 heterocycles. The van der Waals surface area contributed by atoms with Gasteiger partial charge in [0.1, 0.15) is 0 Å². The number of carbonyl (C=O) groups excluding carboxylic acids is 2. The van der Waals surface area contributed by atoms with Crippen LogP contribution in [0.2, 0.25) is 0 Å². The van der Waals surface area contributed by atoms with E-state index in [0.29, 0.717) is 35.0 Å². The molecular weight excluding hydrogens is 362 g/mol. The summed E-state index contributed by atoms with van der Waals surface area (Å²) in [6.45, 7) is 1.48. The second-order valence-electron chi connectivity index (χ2n) is 5.81. The second-order valence-corrected chi connectivity index (χ2v) is 6.87. The minimum Gasteiger partial charge on any atom is -0.325 e. The highest BCUT2D eigenvalue weighted by molar-refractivity contribution is 7.99. The zero-order valence-electron chi connectivity index (χ0n) is 14.8. The molecule has 1 aromatic heterocycles. The van der Waals surface area contributed by atoms with Crippen LogP contribution in [0.5, 0.6) is 0 Å². The van der Waals surface area contributed by atoms with Crippen molar-refractivity contribution in [2.45, 2.75) is 24.9 Å². The number of amides is 1. The van der Waals surface area contributed by atoms with Gasteiger partial charge in [-0.1, -0.05) is 42.1 Å². The van der Waals surface area contributed by atoms with Crippen LogP contribution in [0.25, 0.3) is 5.69 Å². The number of hydrogen-bond acceptors (Lipinski definition) is 6. The number of benzene rings is 2. The van der Waals surface area contributed by atoms with Gasteiger partial charge >= 0.3 is 0 Å². The Balaban J connectivity index is 1.50. The zero-order chi connectivity index (χ0) is 19.1. The molecule has 0 atom stereocenters. The Morgan fingerprint density at radius 3 is 2.59 bits per heavy atom.